The zero-order valence-corrected chi connectivity index (χ0v) is 13.4. The van der Waals surface area contributed by atoms with E-state index in [2.05, 4.69) is 0 Å². The number of hydrogen-bond acceptors (Lipinski definition) is 2. The summed E-state index contributed by atoms with van der Waals surface area (Å²) in [5.74, 6) is -1.20. The summed E-state index contributed by atoms with van der Waals surface area (Å²) in [6.07, 6.45) is 2.86. The third-order valence-electron chi connectivity index (χ3n) is 3.01. The highest BCUT2D eigenvalue weighted by molar-refractivity contribution is 6.42. The van der Waals surface area contributed by atoms with Gasteiger partial charge in [0.25, 0.3) is 0 Å². The van der Waals surface area contributed by atoms with Gasteiger partial charge in [-0.1, -0.05) is 35.3 Å². The molecule has 1 N–H and O–H groups in total. The highest BCUT2D eigenvalue weighted by atomic mass is 35.5. The monoisotopic (exact) mass is 329 g/mol. The summed E-state index contributed by atoms with van der Waals surface area (Å²) < 4.78 is 0. The van der Waals surface area contributed by atoms with Crippen LogP contribution in [0.3, 0.4) is 0 Å². The van der Waals surface area contributed by atoms with Gasteiger partial charge in [-0.05, 0) is 31.6 Å². The van der Waals surface area contributed by atoms with Gasteiger partial charge in [-0.3, -0.25) is 9.59 Å². The standard InChI is InChI=1S/C15H17Cl2NO3/c1-3-18(10(2)9-14(20)21)13(19)8-7-11-5-4-6-12(16)15(11)17/h4-8,10H,3,9H2,1-2H3,(H,20,21). The first-order chi connectivity index (χ1) is 9.86. The Balaban J connectivity index is 2.84. The summed E-state index contributed by atoms with van der Waals surface area (Å²) in [5, 5.41) is 9.59. The van der Waals surface area contributed by atoms with Crippen molar-refractivity contribution in [1.82, 2.24) is 4.90 Å². The number of amides is 1. The Morgan fingerprint density at radius 1 is 1.38 bits per heavy atom. The maximum Gasteiger partial charge on any atom is 0.305 e. The van der Waals surface area contributed by atoms with Crippen LogP contribution in [0.25, 0.3) is 6.08 Å². The molecule has 0 heterocycles. The normalized spacial score (nSPS) is 12.4. The van der Waals surface area contributed by atoms with Crippen molar-refractivity contribution in [3.05, 3.63) is 39.9 Å². The number of likely N-dealkylation sites (N-methyl/N-ethyl adjacent to an activating group) is 1. The van der Waals surface area contributed by atoms with Gasteiger partial charge >= 0.3 is 5.97 Å². The van der Waals surface area contributed by atoms with Crippen molar-refractivity contribution in [3.63, 3.8) is 0 Å². The molecule has 1 amide bonds. The molecule has 0 saturated heterocycles. The van der Waals surface area contributed by atoms with Crippen LogP contribution < -0.4 is 0 Å². The van der Waals surface area contributed by atoms with Crippen LogP contribution in [-0.2, 0) is 9.59 Å². The van der Waals surface area contributed by atoms with Gasteiger partial charge in [-0.25, -0.2) is 0 Å². The number of carboxylic acid groups (broad SMARTS) is 1. The summed E-state index contributed by atoms with van der Waals surface area (Å²) in [5.41, 5.74) is 0.638. The van der Waals surface area contributed by atoms with Crippen LogP contribution in [0, 0.1) is 0 Å². The van der Waals surface area contributed by atoms with Crippen molar-refractivity contribution >= 4 is 41.2 Å². The van der Waals surface area contributed by atoms with Gasteiger partial charge in [0, 0.05) is 18.7 Å². The Kier molecular flexibility index (Phi) is 6.72. The molecule has 0 spiro atoms. The first-order valence-corrected chi connectivity index (χ1v) is 7.26. The quantitative estimate of drug-likeness (QED) is 0.809. The Morgan fingerprint density at radius 3 is 2.62 bits per heavy atom. The lowest BCUT2D eigenvalue weighted by Crippen LogP contribution is -2.38. The predicted molar refractivity (Wildman–Crippen MR) is 84.6 cm³/mol. The van der Waals surface area contributed by atoms with Crippen LogP contribution >= 0.6 is 23.2 Å². The number of aliphatic carboxylic acids is 1. The average molecular weight is 330 g/mol. The van der Waals surface area contributed by atoms with Crippen LogP contribution in [0.1, 0.15) is 25.8 Å². The molecule has 0 radical (unpaired) electrons. The summed E-state index contributed by atoms with van der Waals surface area (Å²) in [7, 11) is 0. The summed E-state index contributed by atoms with van der Waals surface area (Å²) >= 11 is 11.9. The second kappa shape index (κ2) is 8.05. The molecule has 21 heavy (non-hydrogen) atoms. The molecule has 0 aliphatic carbocycles. The zero-order chi connectivity index (χ0) is 16.0. The first kappa shape index (κ1) is 17.5. The molecule has 0 aliphatic rings. The summed E-state index contributed by atoms with van der Waals surface area (Å²) in [4.78, 5) is 24.4. The molecular weight excluding hydrogens is 313 g/mol. The van der Waals surface area contributed by atoms with Crippen molar-refractivity contribution in [2.24, 2.45) is 0 Å². The number of hydrogen-bond donors (Lipinski definition) is 1. The maximum atomic E-state index is 12.1. The summed E-state index contributed by atoms with van der Waals surface area (Å²) in [6.45, 7) is 3.94. The van der Waals surface area contributed by atoms with Gasteiger partial charge in [0.15, 0.2) is 0 Å². The van der Waals surface area contributed by atoms with E-state index >= 15 is 0 Å². The minimum absolute atomic E-state index is 0.0919. The van der Waals surface area contributed by atoms with E-state index in [1.165, 1.54) is 11.0 Å². The number of benzene rings is 1. The van der Waals surface area contributed by atoms with Crippen molar-refractivity contribution in [2.45, 2.75) is 26.3 Å². The molecule has 1 rings (SSSR count). The van der Waals surface area contributed by atoms with Crippen LogP contribution in [0.4, 0.5) is 0 Å². The largest absolute Gasteiger partial charge is 0.481 e. The molecule has 1 unspecified atom stereocenters. The fraction of sp³-hybridized carbons (Fsp3) is 0.333. The minimum Gasteiger partial charge on any atom is -0.481 e. The van der Waals surface area contributed by atoms with Gasteiger partial charge in [0.1, 0.15) is 0 Å². The Bertz CT molecular complexity index is 558. The van der Waals surface area contributed by atoms with Gasteiger partial charge in [0.05, 0.1) is 16.5 Å². The van der Waals surface area contributed by atoms with E-state index in [0.717, 1.165) is 0 Å². The number of carboxylic acids is 1. The molecule has 114 valence electrons. The molecule has 0 saturated carbocycles. The highest BCUT2D eigenvalue weighted by Gasteiger charge is 2.18. The molecule has 4 nitrogen and oxygen atoms in total. The van der Waals surface area contributed by atoms with E-state index in [9.17, 15) is 9.59 Å². The minimum atomic E-state index is -0.935. The number of carbonyl (C=O) groups is 2. The topological polar surface area (TPSA) is 57.6 Å². The summed E-state index contributed by atoms with van der Waals surface area (Å²) in [6, 6.07) is 4.77. The lowest BCUT2D eigenvalue weighted by molar-refractivity contribution is -0.139. The van der Waals surface area contributed by atoms with Crippen LogP contribution in [-0.4, -0.2) is 34.5 Å². The van der Waals surface area contributed by atoms with E-state index in [1.807, 2.05) is 0 Å². The van der Waals surface area contributed by atoms with E-state index < -0.39 is 5.97 Å². The fourth-order valence-electron chi connectivity index (χ4n) is 1.95. The van der Waals surface area contributed by atoms with E-state index in [1.54, 1.807) is 38.1 Å². The molecule has 1 aromatic carbocycles. The van der Waals surface area contributed by atoms with Crippen LogP contribution in [0.5, 0.6) is 0 Å². The van der Waals surface area contributed by atoms with Crippen molar-refractivity contribution < 1.29 is 14.7 Å². The fourth-order valence-corrected chi connectivity index (χ4v) is 2.32. The molecule has 0 bridgehead atoms. The van der Waals surface area contributed by atoms with Gasteiger partial charge in [-0.15, -0.1) is 0 Å². The molecule has 1 aromatic rings. The van der Waals surface area contributed by atoms with Gasteiger partial charge in [-0.2, -0.15) is 0 Å². The zero-order valence-electron chi connectivity index (χ0n) is 11.8. The van der Waals surface area contributed by atoms with Gasteiger partial charge in [0.2, 0.25) is 5.91 Å². The highest BCUT2D eigenvalue weighted by Crippen LogP contribution is 2.26. The lowest BCUT2D eigenvalue weighted by Gasteiger charge is -2.25. The van der Waals surface area contributed by atoms with Crippen molar-refractivity contribution in [1.29, 1.82) is 0 Å². The third kappa shape index (κ3) is 5.06. The number of halogens is 2. The molecule has 0 aliphatic heterocycles. The molecule has 1 atom stereocenters. The maximum absolute atomic E-state index is 12.1. The van der Waals surface area contributed by atoms with Crippen LogP contribution in [0.15, 0.2) is 24.3 Å². The second-order valence-electron chi connectivity index (χ2n) is 4.55. The third-order valence-corrected chi connectivity index (χ3v) is 3.85. The molecule has 0 fully saturated rings. The SMILES string of the molecule is CCN(C(=O)C=Cc1cccc(Cl)c1Cl)C(C)CC(=O)O. The molecule has 6 heteroatoms. The number of carbonyl (C=O) groups excluding carboxylic acids is 1. The van der Waals surface area contributed by atoms with Crippen molar-refractivity contribution in [2.75, 3.05) is 6.54 Å². The molecule has 0 aromatic heterocycles. The predicted octanol–water partition coefficient (Wildman–Crippen LogP) is 3.72. The van der Waals surface area contributed by atoms with Gasteiger partial charge < -0.3 is 10.0 Å². The smallest absolute Gasteiger partial charge is 0.305 e. The van der Waals surface area contributed by atoms with E-state index in [-0.39, 0.29) is 18.4 Å². The molecular formula is C15H17Cl2NO3. The Hall–Kier alpha value is -1.52. The average Bonchev–Trinajstić information content (AvgIpc) is 2.40. The van der Waals surface area contributed by atoms with E-state index in [0.29, 0.717) is 22.2 Å². The van der Waals surface area contributed by atoms with E-state index in [4.69, 9.17) is 28.3 Å². The Morgan fingerprint density at radius 2 is 2.05 bits per heavy atom. The van der Waals surface area contributed by atoms with Crippen LogP contribution in [0.2, 0.25) is 10.0 Å². The number of rotatable bonds is 6. The van der Waals surface area contributed by atoms with Crippen molar-refractivity contribution in [3.8, 4) is 0 Å². The Labute approximate surface area is 134 Å². The second-order valence-corrected chi connectivity index (χ2v) is 5.33. The first-order valence-electron chi connectivity index (χ1n) is 6.51. The number of nitrogens with zero attached hydrogens (tertiary/aromatic N) is 1. The lowest BCUT2D eigenvalue weighted by atomic mass is 10.1.